The molecule has 3 N–H and O–H groups in total. The average molecular weight is 117 g/mol. The highest BCUT2D eigenvalue weighted by Crippen LogP contribution is 1.58. The number of hydrogen-bond acceptors (Lipinski definition) is 2. The Labute approximate surface area is 47.7 Å². The molecule has 47 valence electrons. The van der Waals surface area contributed by atoms with Gasteiger partial charge in [-0.2, -0.15) is 0 Å². The lowest BCUT2D eigenvalue weighted by molar-refractivity contribution is -0.119. The third kappa shape index (κ3) is 3.58. The summed E-state index contributed by atoms with van der Waals surface area (Å²) >= 11 is 0. The summed E-state index contributed by atoms with van der Waals surface area (Å²) in [6.45, 7) is -0.0799. The summed E-state index contributed by atoms with van der Waals surface area (Å²) in [7, 11) is 0. The van der Waals surface area contributed by atoms with Gasteiger partial charge in [-0.3, -0.25) is 4.79 Å². The first-order valence-electron chi connectivity index (χ1n) is 2.33. The molecule has 0 aromatic rings. The SMILES string of the molecule is [NH]CC(=O)NCCO. The minimum absolute atomic E-state index is 0.0637. The number of carbonyl (C=O) groups is 1. The van der Waals surface area contributed by atoms with Crippen LogP contribution in [0, 0.1) is 0 Å². The van der Waals surface area contributed by atoms with Crippen LogP contribution in [0.2, 0.25) is 0 Å². The highest BCUT2D eigenvalue weighted by atomic mass is 16.3. The molecule has 0 atom stereocenters. The van der Waals surface area contributed by atoms with Gasteiger partial charge in [0.1, 0.15) is 0 Å². The van der Waals surface area contributed by atoms with Crippen LogP contribution in [0.3, 0.4) is 0 Å². The largest absolute Gasteiger partial charge is 0.395 e. The summed E-state index contributed by atoms with van der Waals surface area (Å²) in [5.74, 6) is -0.348. The van der Waals surface area contributed by atoms with Gasteiger partial charge in [-0.05, 0) is 0 Å². The Balaban J connectivity index is 2.99. The number of rotatable bonds is 3. The Kier molecular flexibility index (Phi) is 4.20. The first-order valence-corrected chi connectivity index (χ1v) is 2.33. The highest BCUT2D eigenvalue weighted by Gasteiger charge is 1.91. The quantitative estimate of drug-likeness (QED) is 0.466. The van der Waals surface area contributed by atoms with Crippen LogP contribution < -0.4 is 11.1 Å². The second kappa shape index (κ2) is 4.55. The number of hydrogen-bond donors (Lipinski definition) is 2. The maximum absolute atomic E-state index is 10.2. The molecule has 1 amide bonds. The number of aliphatic hydroxyl groups is 1. The molecule has 4 nitrogen and oxygen atoms in total. The van der Waals surface area contributed by atoms with Gasteiger partial charge in [0.25, 0.3) is 0 Å². The number of amides is 1. The predicted molar refractivity (Wildman–Crippen MR) is 28.1 cm³/mol. The van der Waals surface area contributed by atoms with E-state index in [1.54, 1.807) is 0 Å². The molecule has 0 fully saturated rings. The van der Waals surface area contributed by atoms with Crippen molar-refractivity contribution in [3.8, 4) is 0 Å². The molecule has 0 unspecified atom stereocenters. The molecule has 0 spiro atoms. The summed E-state index contributed by atoms with van der Waals surface area (Å²) in [4.78, 5) is 10.2. The molecule has 0 aromatic heterocycles. The molecule has 0 aliphatic rings. The zero-order chi connectivity index (χ0) is 6.41. The fraction of sp³-hybridized carbons (Fsp3) is 0.750. The van der Waals surface area contributed by atoms with Gasteiger partial charge in [-0.15, -0.1) is 0 Å². The van der Waals surface area contributed by atoms with Gasteiger partial charge in [-0.1, -0.05) is 0 Å². The third-order valence-corrected chi connectivity index (χ3v) is 0.595. The van der Waals surface area contributed by atoms with Crippen LogP contribution in [0.5, 0.6) is 0 Å². The lowest BCUT2D eigenvalue weighted by Crippen LogP contribution is -2.29. The number of nitrogens with one attached hydrogen (secondary N) is 2. The van der Waals surface area contributed by atoms with E-state index in [4.69, 9.17) is 10.8 Å². The molecule has 0 rings (SSSR count). The van der Waals surface area contributed by atoms with Crippen molar-refractivity contribution in [1.82, 2.24) is 11.1 Å². The molecule has 4 heteroatoms. The van der Waals surface area contributed by atoms with Gasteiger partial charge in [0.2, 0.25) is 5.91 Å². The van der Waals surface area contributed by atoms with Gasteiger partial charge >= 0.3 is 0 Å². The van der Waals surface area contributed by atoms with Crippen LogP contribution in [-0.2, 0) is 4.79 Å². The fourth-order valence-electron chi connectivity index (χ4n) is 0.258. The number of aliphatic hydroxyl groups excluding tert-OH is 1. The molecule has 1 radical (unpaired) electrons. The van der Waals surface area contributed by atoms with Crippen molar-refractivity contribution in [2.24, 2.45) is 0 Å². The number of carbonyl (C=O) groups excluding carboxylic acids is 1. The molecule has 0 aliphatic carbocycles. The Morgan fingerprint density at radius 3 is 2.75 bits per heavy atom. The average Bonchev–Trinajstić information content (AvgIpc) is 1.83. The van der Waals surface area contributed by atoms with Crippen molar-refractivity contribution >= 4 is 5.91 Å². The second-order valence-corrected chi connectivity index (χ2v) is 1.25. The van der Waals surface area contributed by atoms with Gasteiger partial charge in [0, 0.05) is 6.54 Å². The highest BCUT2D eigenvalue weighted by molar-refractivity contribution is 5.77. The van der Waals surface area contributed by atoms with E-state index in [0.717, 1.165) is 0 Å². The van der Waals surface area contributed by atoms with Crippen molar-refractivity contribution in [1.29, 1.82) is 0 Å². The minimum Gasteiger partial charge on any atom is -0.395 e. The summed E-state index contributed by atoms with van der Waals surface area (Å²) in [5.41, 5.74) is 6.49. The Morgan fingerprint density at radius 1 is 1.75 bits per heavy atom. The van der Waals surface area contributed by atoms with E-state index in [9.17, 15) is 4.79 Å². The van der Waals surface area contributed by atoms with E-state index in [-0.39, 0.29) is 25.6 Å². The van der Waals surface area contributed by atoms with Crippen LogP contribution in [0.15, 0.2) is 0 Å². The summed E-state index contributed by atoms with van der Waals surface area (Å²) in [6.07, 6.45) is 0. The van der Waals surface area contributed by atoms with E-state index in [2.05, 4.69) is 5.32 Å². The van der Waals surface area contributed by atoms with E-state index in [0.29, 0.717) is 0 Å². The molecule has 8 heavy (non-hydrogen) atoms. The van der Waals surface area contributed by atoms with Crippen molar-refractivity contribution in [3.63, 3.8) is 0 Å². The Bertz CT molecular complexity index is 74.4. The third-order valence-electron chi connectivity index (χ3n) is 0.595. The minimum atomic E-state index is -0.348. The molecule has 0 saturated heterocycles. The zero-order valence-electron chi connectivity index (χ0n) is 4.48. The maximum Gasteiger partial charge on any atom is 0.235 e. The van der Waals surface area contributed by atoms with Gasteiger partial charge < -0.3 is 10.4 Å². The smallest absolute Gasteiger partial charge is 0.235 e. The molecular weight excluding hydrogens is 108 g/mol. The van der Waals surface area contributed by atoms with E-state index in [1.807, 2.05) is 0 Å². The van der Waals surface area contributed by atoms with Crippen molar-refractivity contribution in [2.45, 2.75) is 0 Å². The molecule has 0 heterocycles. The lowest BCUT2D eigenvalue weighted by Gasteiger charge is -1.96. The van der Waals surface area contributed by atoms with Crippen LogP contribution in [-0.4, -0.2) is 30.7 Å². The van der Waals surface area contributed by atoms with E-state index < -0.39 is 0 Å². The summed E-state index contributed by atoms with van der Waals surface area (Å²) in [6, 6.07) is 0. The van der Waals surface area contributed by atoms with Crippen LogP contribution >= 0.6 is 0 Å². The second-order valence-electron chi connectivity index (χ2n) is 1.25. The standard InChI is InChI=1S/C4H9N2O2/c5-3-4(8)6-1-2-7/h5,7H,1-3H2,(H,6,8). The summed E-state index contributed by atoms with van der Waals surface area (Å²) < 4.78 is 0. The zero-order valence-corrected chi connectivity index (χ0v) is 4.48. The molecule has 0 saturated carbocycles. The monoisotopic (exact) mass is 117 g/mol. The normalized spacial score (nSPS) is 8.75. The Hall–Kier alpha value is -0.610. The van der Waals surface area contributed by atoms with Gasteiger partial charge in [0.05, 0.1) is 13.2 Å². The summed E-state index contributed by atoms with van der Waals surface area (Å²) in [5, 5.41) is 10.4. The molecular formula is C4H9N2O2. The van der Waals surface area contributed by atoms with Crippen molar-refractivity contribution < 1.29 is 9.90 Å². The fourth-order valence-corrected chi connectivity index (χ4v) is 0.258. The topological polar surface area (TPSA) is 73.1 Å². The van der Waals surface area contributed by atoms with Gasteiger partial charge in [-0.25, -0.2) is 5.73 Å². The van der Waals surface area contributed by atoms with Crippen LogP contribution in [0.1, 0.15) is 0 Å². The van der Waals surface area contributed by atoms with Gasteiger partial charge in [0.15, 0.2) is 0 Å². The van der Waals surface area contributed by atoms with E-state index in [1.165, 1.54) is 0 Å². The molecule has 0 aromatic carbocycles. The molecule has 0 aliphatic heterocycles. The van der Waals surface area contributed by atoms with Crippen LogP contribution in [0.4, 0.5) is 0 Å². The van der Waals surface area contributed by atoms with Crippen molar-refractivity contribution in [3.05, 3.63) is 0 Å². The predicted octanol–water partition coefficient (Wildman–Crippen LogP) is -1.62. The lowest BCUT2D eigenvalue weighted by atomic mass is 10.6. The first kappa shape index (κ1) is 7.39. The first-order chi connectivity index (χ1) is 3.81. The van der Waals surface area contributed by atoms with Crippen LogP contribution in [0.25, 0.3) is 0 Å². The Morgan fingerprint density at radius 2 is 2.38 bits per heavy atom. The van der Waals surface area contributed by atoms with E-state index >= 15 is 0 Å². The maximum atomic E-state index is 10.2. The van der Waals surface area contributed by atoms with Crippen molar-refractivity contribution in [2.75, 3.05) is 19.7 Å². The molecule has 0 bridgehead atoms.